The van der Waals surface area contributed by atoms with E-state index in [0.717, 1.165) is 16.8 Å². The lowest BCUT2D eigenvalue weighted by atomic mass is 9.96. The lowest BCUT2D eigenvalue weighted by Crippen LogP contribution is -2.46. The van der Waals surface area contributed by atoms with Crippen LogP contribution < -0.4 is 15.8 Å². The van der Waals surface area contributed by atoms with Gasteiger partial charge in [0.25, 0.3) is 5.56 Å². The minimum atomic E-state index is -4.01. The Morgan fingerprint density at radius 2 is 1.89 bits per heavy atom. The first-order valence-electron chi connectivity index (χ1n) is 11.4. The summed E-state index contributed by atoms with van der Waals surface area (Å²) in [6.07, 6.45) is -3.73. The summed E-state index contributed by atoms with van der Waals surface area (Å²) in [5, 5.41) is 21.6. The molecule has 3 N–H and O–H groups in total. The molecule has 0 bridgehead atoms. The zero-order valence-electron chi connectivity index (χ0n) is 20.4. The number of rotatable bonds is 10. The van der Waals surface area contributed by atoms with Gasteiger partial charge in [0.1, 0.15) is 23.6 Å². The number of nitrogens with zero attached hydrogens (tertiary/aromatic N) is 1. The minimum Gasteiger partial charge on any atom is -0.463 e. The van der Waals surface area contributed by atoms with Gasteiger partial charge in [0, 0.05) is 12.3 Å². The summed E-state index contributed by atoms with van der Waals surface area (Å²) in [4.78, 5) is 38.0. The number of hydrogen-bond donors (Lipinski definition) is 3. The minimum absolute atomic E-state index is 0.239. The monoisotopic (exact) mass is 526 g/mol. The molecule has 198 valence electrons. The van der Waals surface area contributed by atoms with Crippen LogP contribution >= 0.6 is 7.60 Å². The van der Waals surface area contributed by atoms with Crippen molar-refractivity contribution in [2.24, 2.45) is 5.92 Å². The van der Waals surface area contributed by atoms with E-state index in [9.17, 15) is 29.2 Å². The SMILES string of the molecule is CC(C)OC(=O)[C@H](C)CP(=O)(OC[C@H]1O[C@@H](n2ccc(=O)[nH]c2=O)C(C)(O)[C@H]1O)Oc1ccccc1. The van der Waals surface area contributed by atoms with Gasteiger partial charge in [-0.1, -0.05) is 25.1 Å². The van der Waals surface area contributed by atoms with Gasteiger partial charge in [-0.05, 0) is 32.9 Å². The predicted molar refractivity (Wildman–Crippen MR) is 128 cm³/mol. The second-order valence-electron chi connectivity index (χ2n) is 9.10. The number of aliphatic hydroxyl groups is 2. The number of benzene rings is 1. The maximum Gasteiger partial charge on any atom is 0.380 e. The second kappa shape index (κ2) is 11.1. The Labute approximate surface area is 207 Å². The van der Waals surface area contributed by atoms with Gasteiger partial charge in [0.2, 0.25) is 0 Å². The number of carbonyl (C=O) groups excluding carboxylic acids is 1. The summed E-state index contributed by atoms with van der Waals surface area (Å²) in [6.45, 7) is 5.66. The molecule has 0 radical (unpaired) electrons. The maximum atomic E-state index is 13.7. The highest BCUT2D eigenvalue weighted by Gasteiger charge is 2.54. The standard InChI is InChI=1S/C23H31N2O10P/c1-14(2)33-20(28)15(3)13-36(31,35-16-8-6-5-7-9-16)32-12-17-19(27)23(4,30)21(34-17)25-11-10-18(26)24-22(25)29/h5-11,14-15,17,19,21,27,30H,12-13H2,1-4H3,(H,24,26,29)/t15-,17-,19+,21-,23?,36?/m1/s1. The number of H-pyrrole nitrogens is 1. The molecule has 2 heterocycles. The lowest BCUT2D eigenvalue weighted by Gasteiger charge is -2.27. The molecule has 1 aliphatic rings. The van der Waals surface area contributed by atoms with E-state index in [0.29, 0.717) is 0 Å². The number of hydrogen-bond acceptors (Lipinski definition) is 10. The topological polar surface area (TPSA) is 166 Å². The van der Waals surface area contributed by atoms with Crippen LogP contribution in [0.1, 0.15) is 33.9 Å². The molecule has 1 aromatic heterocycles. The number of para-hydroxylation sites is 1. The van der Waals surface area contributed by atoms with Crippen LogP contribution in [-0.2, 0) is 23.4 Å². The molecule has 0 saturated carbocycles. The Morgan fingerprint density at radius 1 is 1.22 bits per heavy atom. The molecule has 0 spiro atoms. The van der Waals surface area contributed by atoms with Crippen molar-refractivity contribution in [3.8, 4) is 5.75 Å². The van der Waals surface area contributed by atoms with Crippen molar-refractivity contribution in [2.75, 3.05) is 12.8 Å². The van der Waals surface area contributed by atoms with Crippen LogP contribution in [0.2, 0.25) is 0 Å². The smallest absolute Gasteiger partial charge is 0.380 e. The Bertz CT molecular complexity index is 1210. The number of nitrogens with one attached hydrogen (secondary N) is 1. The zero-order chi connectivity index (χ0) is 26.7. The van der Waals surface area contributed by atoms with Crippen molar-refractivity contribution >= 4 is 13.6 Å². The number of esters is 1. The van der Waals surface area contributed by atoms with Gasteiger partial charge in [0.05, 0.1) is 24.8 Å². The number of aromatic nitrogens is 2. The van der Waals surface area contributed by atoms with Crippen LogP contribution in [0.25, 0.3) is 0 Å². The molecule has 1 aliphatic heterocycles. The van der Waals surface area contributed by atoms with Crippen molar-refractivity contribution < 1.29 is 38.1 Å². The summed E-state index contributed by atoms with van der Waals surface area (Å²) < 4.78 is 36.8. The van der Waals surface area contributed by atoms with Crippen molar-refractivity contribution in [3.05, 3.63) is 63.4 Å². The molecule has 0 amide bonds. The maximum absolute atomic E-state index is 13.7. The summed E-state index contributed by atoms with van der Waals surface area (Å²) in [5.41, 5.74) is -3.45. The third-order valence-electron chi connectivity index (χ3n) is 5.53. The third kappa shape index (κ3) is 6.51. The normalized spacial score (nSPS) is 26.4. The van der Waals surface area contributed by atoms with Crippen molar-refractivity contribution in [1.29, 1.82) is 0 Å². The highest BCUT2D eigenvalue weighted by Crippen LogP contribution is 2.51. The van der Waals surface area contributed by atoms with Gasteiger partial charge in [-0.2, -0.15) is 0 Å². The Morgan fingerprint density at radius 3 is 2.50 bits per heavy atom. The van der Waals surface area contributed by atoms with Gasteiger partial charge >= 0.3 is 19.3 Å². The third-order valence-corrected chi connectivity index (χ3v) is 7.56. The molecule has 6 atom stereocenters. The Balaban J connectivity index is 1.80. The number of carbonyl (C=O) groups is 1. The Hall–Kier alpha value is -2.76. The van der Waals surface area contributed by atoms with E-state index in [-0.39, 0.29) is 18.0 Å². The predicted octanol–water partition coefficient (Wildman–Crippen LogP) is 1.42. The van der Waals surface area contributed by atoms with Gasteiger partial charge in [0.15, 0.2) is 6.23 Å². The Kier molecular flexibility index (Phi) is 8.58. The molecule has 12 nitrogen and oxygen atoms in total. The molecular weight excluding hydrogens is 495 g/mol. The van der Waals surface area contributed by atoms with E-state index in [1.807, 2.05) is 0 Å². The molecule has 1 fully saturated rings. The van der Waals surface area contributed by atoms with Crippen LogP contribution in [-0.4, -0.2) is 62.4 Å². The fourth-order valence-corrected chi connectivity index (χ4v) is 5.56. The zero-order valence-corrected chi connectivity index (χ0v) is 21.3. The van der Waals surface area contributed by atoms with Crippen molar-refractivity contribution in [3.63, 3.8) is 0 Å². The van der Waals surface area contributed by atoms with Crippen LogP contribution in [0, 0.1) is 5.92 Å². The number of ether oxygens (including phenoxy) is 2. The number of aromatic amines is 1. The fraction of sp³-hybridized carbons (Fsp3) is 0.522. The second-order valence-corrected chi connectivity index (χ2v) is 11.1. The summed E-state index contributed by atoms with van der Waals surface area (Å²) in [5.74, 6) is -1.18. The highest BCUT2D eigenvalue weighted by molar-refractivity contribution is 7.54. The van der Waals surface area contributed by atoms with Gasteiger partial charge in [-0.3, -0.25) is 23.7 Å². The van der Waals surface area contributed by atoms with E-state index in [2.05, 4.69) is 4.98 Å². The molecule has 3 rings (SSSR count). The average molecular weight is 526 g/mol. The number of aliphatic hydroxyl groups excluding tert-OH is 1. The van der Waals surface area contributed by atoms with Crippen LogP contribution in [0.15, 0.2) is 52.2 Å². The van der Waals surface area contributed by atoms with E-state index >= 15 is 0 Å². The van der Waals surface area contributed by atoms with Crippen molar-refractivity contribution in [1.82, 2.24) is 9.55 Å². The first-order valence-corrected chi connectivity index (χ1v) is 13.1. The molecule has 2 aromatic rings. The first-order chi connectivity index (χ1) is 16.8. The van der Waals surface area contributed by atoms with Crippen LogP contribution in [0.3, 0.4) is 0 Å². The quantitative estimate of drug-likeness (QED) is 0.304. The van der Waals surface area contributed by atoms with Crippen molar-refractivity contribution in [2.45, 2.75) is 57.8 Å². The van der Waals surface area contributed by atoms with Crippen LogP contribution in [0.4, 0.5) is 0 Å². The first kappa shape index (κ1) is 27.8. The lowest BCUT2D eigenvalue weighted by molar-refractivity contribution is -0.151. The highest BCUT2D eigenvalue weighted by atomic mass is 31.2. The summed E-state index contributed by atoms with van der Waals surface area (Å²) in [6, 6.07) is 9.28. The fourth-order valence-electron chi connectivity index (χ4n) is 3.69. The summed E-state index contributed by atoms with van der Waals surface area (Å²) in [7, 11) is -4.01. The van der Waals surface area contributed by atoms with E-state index in [1.165, 1.54) is 13.8 Å². The van der Waals surface area contributed by atoms with Crippen LogP contribution in [0.5, 0.6) is 5.75 Å². The van der Waals surface area contributed by atoms with Gasteiger partial charge < -0.3 is 24.2 Å². The summed E-state index contributed by atoms with van der Waals surface area (Å²) >= 11 is 0. The van der Waals surface area contributed by atoms with E-state index < -0.39 is 61.4 Å². The van der Waals surface area contributed by atoms with Gasteiger partial charge in [-0.25, -0.2) is 9.36 Å². The molecular formula is C23H31N2O10P. The molecule has 1 aromatic carbocycles. The molecule has 1 saturated heterocycles. The largest absolute Gasteiger partial charge is 0.463 e. The molecule has 36 heavy (non-hydrogen) atoms. The molecule has 13 heteroatoms. The molecule has 2 unspecified atom stereocenters. The van der Waals surface area contributed by atoms with E-state index in [4.69, 9.17) is 18.5 Å². The van der Waals surface area contributed by atoms with Gasteiger partial charge in [-0.15, -0.1) is 0 Å². The van der Waals surface area contributed by atoms with E-state index in [1.54, 1.807) is 44.2 Å². The molecule has 0 aliphatic carbocycles. The average Bonchev–Trinajstić information content (AvgIpc) is 3.01.